The quantitative estimate of drug-likeness (QED) is 0.439. The van der Waals surface area contributed by atoms with Crippen LogP contribution in [0.25, 0.3) is 0 Å². The van der Waals surface area contributed by atoms with E-state index in [1.54, 1.807) is 18.0 Å². The summed E-state index contributed by atoms with van der Waals surface area (Å²) in [7, 11) is 0. The average molecular weight is 222 g/mol. The minimum atomic E-state index is 0.692. The Bertz CT molecular complexity index is 242. The highest BCUT2D eigenvalue weighted by Crippen LogP contribution is 2.24. The fraction of sp³-hybridized carbons (Fsp3) is 0.375. The first-order valence-corrected chi connectivity index (χ1v) is 5.53. The van der Waals surface area contributed by atoms with Crippen LogP contribution in [0.5, 0.6) is 0 Å². The first-order chi connectivity index (χ1) is 5.84. The number of nitrogens with zero attached hydrogens (tertiary/aromatic N) is 1. The largest absolute Gasteiger partial charge is 0.248 e. The SMILES string of the molecule is ClCCCSc1ncccc1Cl. The Morgan fingerprint density at radius 3 is 3.00 bits per heavy atom. The molecule has 0 atom stereocenters. The minimum absolute atomic E-state index is 0.692. The zero-order chi connectivity index (χ0) is 8.81. The molecule has 1 heterocycles. The molecule has 1 nitrogen and oxygen atoms in total. The van der Waals surface area contributed by atoms with Crippen LogP contribution < -0.4 is 0 Å². The molecule has 0 saturated carbocycles. The van der Waals surface area contributed by atoms with Gasteiger partial charge in [-0.2, -0.15) is 0 Å². The predicted molar refractivity (Wildman–Crippen MR) is 55.3 cm³/mol. The second kappa shape index (κ2) is 5.68. The lowest BCUT2D eigenvalue weighted by Gasteiger charge is -2.00. The molecule has 0 unspecified atom stereocenters. The van der Waals surface area contributed by atoms with Crippen molar-refractivity contribution >= 4 is 35.0 Å². The molecule has 0 amide bonds. The van der Waals surface area contributed by atoms with Gasteiger partial charge < -0.3 is 0 Å². The van der Waals surface area contributed by atoms with Gasteiger partial charge in [-0.1, -0.05) is 11.6 Å². The lowest BCUT2D eigenvalue weighted by molar-refractivity contribution is 1.09. The molecular formula is C8H9Cl2NS. The van der Waals surface area contributed by atoms with Crippen LogP contribution in [-0.2, 0) is 0 Å². The molecule has 0 spiro atoms. The van der Waals surface area contributed by atoms with Gasteiger partial charge in [-0.05, 0) is 18.6 Å². The van der Waals surface area contributed by atoms with Crippen LogP contribution in [0.2, 0.25) is 5.02 Å². The molecule has 0 fully saturated rings. The van der Waals surface area contributed by atoms with E-state index in [1.165, 1.54) is 0 Å². The fourth-order valence-corrected chi connectivity index (χ4v) is 2.10. The molecule has 1 aromatic rings. The molecule has 0 bridgehead atoms. The van der Waals surface area contributed by atoms with Gasteiger partial charge in [0.05, 0.1) is 5.02 Å². The van der Waals surface area contributed by atoms with Crippen molar-refractivity contribution in [3.8, 4) is 0 Å². The second-order valence-electron chi connectivity index (χ2n) is 2.18. The van der Waals surface area contributed by atoms with Crippen molar-refractivity contribution in [1.82, 2.24) is 4.98 Å². The van der Waals surface area contributed by atoms with Crippen LogP contribution in [0.4, 0.5) is 0 Å². The van der Waals surface area contributed by atoms with Crippen molar-refractivity contribution < 1.29 is 0 Å². The van der Waals surface area contributed by atoms with E-state index in [4.69, 9.17) is 23.2 Å². The molecule has 12 heavy (non-hydrogen) atoms. The molecule has 66 valence electrons. The number of halogens is 2. The predicted octanol–water partition coefficient (Wildman–Crippen LogP) is 3.46. The summed E-state index contributed by atoms with van der Waals surface area (Å²) in [6.07, 6.45) is 2.73. The second-order valence-corrected chi connectivity index (χ2v) is 4.05. The number of rotatable bonds is 4. The van der Waals surface area contributed by atoms with Crippen molar-refractivity contribution in [2.24, 2.45) is 0 Å². The summed E-state index contributed by atoms with van der Waals surface area (Å²) in [5, 5.41) is 1.61. The average Bonchev–Trinajstić information content (AvgIpc) is 2.09. The van der Waals surface area contributed by atoms with Gasteiger partial charge in [-0.3, -0.25) is 0 Å². The van der Waals surface area contributed by atoms with Crippen molar-refractivity contribution in [3.63, 3.8) is 0 Å². The van der Waals surface area contributed by atoms with Gasteiger partial charge in [0.1, 0.15) is 5.03 Å². The lowest BCUT2D eigenvalue weighted by Crippen LogP contribution is -1.84. The minimum Gasteiger partial charge on any atom is -0.248 e. The Hall–Kier alpha value is 0.0800. The van der Waals surface area contributed by atoms with Crippen LogP contribution in [0, 0.1) is 0 Å². The zero-order valence-electron chi connectivity index (χ0n) is 6.46. The van der Waals surface area contributed by atoms with Gasteiger partial charge in [-0.15, -0.1) is 23.4 Å². The number of hydrogen-bond donors (Lipinski definition) is 0. The molecule has 0 radical (unpaired) electrons. The standard InChI is InChI=1S/C8H9Cl2NS/c9-4-2-6-12-8-7(10)3-1-5-11-8/h1,3,5H,2,4,6H2. The maximum Gasteiger partial charge on any atom is 0.115 e. The summed E-state index contributed by atoms with van der Waals surface area (Å²) >= 11 is 13.1. The summed E-state index contributed by atoms with van der Waals surface area (Å²) < 4.78 is 0. The highest BCUT2D eigenvalue weighted by molar-refractivity contribution is 7.99. The first-order valence-electron chi connectivity index (χ1n) is 3.64. The molecule has 0 saturated heterocycles. The zero-order valence-corrected chi connectivity index (χ0v) is 8.79. The third-order valence-electron chi connectivity index (χ3n) is 1.24. The molecule has 1 rings (SSSR count). The van der Waals surface area contributed by atoms with Crippen LogP contribution in [0.15, 0.2) is 23.4 Å². The van der Waals surface area contributed by atoms with Crippen LogP contribution >= 0.6 is 35.0 Å². The monoisotopic (exact) mass is 221 g/mol. The van der Waals surface area contributed by atoms with E-state index in [-0.39, 0.29) is 0 Å². The van der Waals surface area contributed by atoms with Gasteiger partial charge in [0.2, 0.25) is 0 Å². The highest BCUT2D eigenvalue weighted by atomic mass is 35.5. The Labute approximate surface area is 86.5 Å². The van der Waals surface area contributed by atoms with Gasteiger partial charge in [0.25, 0.3) is 0 Å². The number of hydrogen-bond acceptors (Lipinski definition) is 2. The van der Waals surface area contributed by atoms with Crippen molar-refractivity contribution in [1.29, 1.82) is 0 Å². The fourth-order valence-electron chi connectivity index (χ4n) is 0.701. The molecule has 0 aliphatic carbocycles. The Morgan fingerprint density at radius 2 is 2.33 bits per heavy atom. The first kappa shape index (κ1) is 10.2. The van der Waals surface area contributed by atoms with Crippen LogP contribution in [0.1, 0.15) is 6.42 Å². The van der Waals surface area contributed by atoms with Crippen molar-refractivity contribution in [3.05, 3.63) is 23.4 Å². The maximum atomic E-state index is 5.89. The van der Waals surface area contributed by atoms with Crippen LogP contribution in [0.3, 0.4) is 0 Å². The Balaban J connectivity index is 2.46. The third kappa shape index (κ3) is 3.21. The number of aromatic nitrogens is 1. The summed E-state index contributed by atoms with van der Waals surface area (Å²) in [6.45, 7) is 0. The number of pyridine rings is 1. The number of thioether (sulfide) groups is 1. The van der Waals surface area contributed by atoms with Crippen molar-refractivity contribution in [2.45, 2.75) is 11.4 Å². The summed E-state index contributed by atoms with van der Waals surface area (Å²) in [5.74, 6) is 1.66. The summed E-state index contributed by atoms with van der Waals surface area (Å²) in [6, 6.07) is 3.67. The van der Waals surface area contributed by atoms with Gasteiger partial charge in [-0.25, -0.2) is 4.98 Å². The molecule has 0 aromatic carbocycles. The summed E-state index contributed by atoms with van der Waals surface area (Å²) in [4.78, 5) is 4.14. The molecule has 0 N–H and O–H groups in total. The van der Waals surface area contributed by atoms with Crippen LogP contribution in [-0.4, -0.2) is 16.6 Å². The smallest absolute Gasteiger partial charge is 0.115 e. The summed E-state index contributed by atoms with van der Waals surface area (Å²) in [5.41, 5.74) is 0. The van der Waals surface area contributed by atoms with Gasteiger partial charge in [0.15, 0.2) is 0 Å². The maximum absolute atomic E-state index is 5.89. The van der Waals surface area contributed by atoms with Gasteiger partial charge in [0, 0.05) is 17.8 Å². The molecule has 0 aliphatic heterocycles. The van der Waals surface area contributed by atoms with E-state index in [1.807, 2.05) is 12.1 Å². The molecule has 4 heteroatoms. The highest BCUT2D eigenvalue weighted by Gasteiger charge is 1.99. The van der Waals surface area contributed by atoms with E-state index < -0.39 is 0 Å². The third-order valence-corrected chi connectivity index (χ3v) is 3.02. The topological polar surface area (TPSA) is 12.9 Å². The van der Waals surface area contributed by atoms with E-state index in [2.05, 4.69) is 4.98 Å². The van der Waals surface area contributed by atoms with Crippen molar-refractivity contribution in [2.75, 3.05) is 11.6 Å². The number of alkyl halides is 1. The van der Waals surface area contributed by atoms with E-state index in [0.29, 0.717) is 5.88 Å². The Morgan fingerprint density at radius 1 is 1.50 bits per heavy atom. The Kier molecular flexibility index (Phi) is 4.81. The molecule has 1 aromatic heterocycles. The lowest BCUT2D eigenvalue weighted by atomic mass is 10.5. The van der Waals surface area contributed by atoms with Gasteiger partial charge >= 0.3 is 0 Å². The van der Waals surface area contributed by atoms with E-state index >= 15 is 0 Å². The molecule has 0 aliphatic rings. The molecular weight excluding hydrogens is 213 g/mol. The van der Waals surface area contributed by atoms with E-state index in [9.17, 15) is 0 Å². The van der Waals surface area contributed by atoms with E-state index in [0.717, 1.165) is 22.2 Å². The normalized spacial score (nSPS) is 10.2.